The van der Waals surface area contributed by atoms with E-state index in [0.717, 1.165) is 20.1 Å². The number of anilines is 1. The van der Waals surface area contributed by atoms with Gasteiger partial charge >= 0.3 is 5.97 Å². The van der Waals surface area contributed by atoms with Crippen molar-refractivity contribution in [3.8, 4) is 0 Å². The Morgan fingerprint density at radius 2 is 1.89 bits per heavy atom. The molecule has 7 heteroatoms. The lowest BCUT2D eigenvalue weighted by molar-refractivity contribution is -0.902. The summed E-state index contributed by atoms with van der Waals surface area (Å²) in [5.41, 5.74) is 2.09. The molecule has 3 aromatic rings. The Kier molecular flexibility index (Phi) is 5.83. The molecule has 0 aliphatic heterocycles. The Hall–Kier alpha value is -2.77. The van der Waals surface area contributed by atoms with Crippen LogP contribution in [0.5, 0.6) is 0 Å². The third-order valence-electron chi connectivity index (χ3n) is 4.45. The Morgan fingerprint density at radius 1 is 1.19 bits per heavy atom. The number of quaternary nitrogens is 1. The quantitative estimate of drug-likeness (QED) is 0.640. The number of fused-ring (bicyclic) bond motifs is 1. The van der Waals surface area contributed by atoms with E-state index in [-0.39, 0.29) is 11.9 Å². The van der Waals surface area contributed by atoms with Gasteiger partial charge in [-0.25, -0.2) is 9.78 Å². The van der Waals surface area contributed by atoms with Crippen LogP contribution in [0, 0.1) is 0 Å². The Morgan fingerprint density at radius 3 is 2.56 bits per heavy atom. The van der Waals surface area contributed by atoms with Crippen molar-refractivity contribution in [2.24, 2.45) is 0 Å². The molecule has 1 unspecified atom stereocenters. The van der Waals surface area contributed by atoms with Crippen molar-refractivity contribution in [2.75, 3.05) is 26.0 Å². The molecule has 0 spiro atoms. The molecule has 2 atom stereocenters. The van der Waals surface area contributed by atoms with E-state index in [4.69, 9.17) is 0 Å². The number of methoxy groups -OCH3 is 1. The smallest absolute Gasteiger partial charge is 0.337 e. The van der Waals surface area contributed by atoms with Crippen LogP contribution in [-0.4, -0.2) is 37.6 Å². The summed E-state index contributed by atoms with van der Waals surface area (Å²) >= 11 is 1.66. The molecule has 1 amide bonds. The van der Waals surface area contributed by atoms with E-state index in [1.807, 2.05) is 25.2 Å². The molecule has 0 aliphatic carbocycles. The van der Waals surface area contributed by atoms with Crippen LogP contribution in [0.25, 0.3) is 10.2 Å². The van der Waals surface area contributed by atoms with Crippen molar-refractivity contribution in [1.29, 1.82) is 0 Å². The van der Waals surface area contributed by atoms with E-state index in [1.54, 1.807) is 35.6 Å². The molecule has 1 aromatic heterocycles. The molecule has 0 aliphatic rings. The number of benzene rings is 2. The van der Waals surface area contributed by atoms with Gasteiger partial charge in [-0.2, -0.15) is 0 Å². The molecule has 2 aromatic carbocycles. The lowest BCUT2D eigenvalue weighted by Gasteiger charge is -2.19. The first-order valence-electron chi connectivity index (χ1n) is 8.64. The summed E-state index contributed by atoms with van der Waals surface area (Å²) in [5, 5.41) is 3.88. The zero-order chi connectivity index (χ0) is 19.4. The minimum Gasteiger partial charge on any atom is -0.465 e. The number of rotatable bonds is 6. The van der Waals surface area contributed by atoms with E-state index in [1.165, 1.54) is 7.11 Å². The molecular formula is C20H22N3O3S+. The van der Waals surface area contributed by atoms with E-state index in [9.17, 15) is 9.59 Å². The molecule has 2 N–H and O–H groups in total. The molecule has 3 rings (SSSR count). The number of nitrogens with zero attached hydrogens (tertiary/aromatic N) is 1. The number of ether oxygens (including phenoxy) is 1. The summed E-state index contributed by atoms with van der Waals surface area (Å²) in [5.74, 6) is -0.493. The molecule has 0 bridgehead atoms. The van der Waals surface area contributed by atoms with Gasteiger partial charge in [0.1, 0.15) is 6.04 Å². The van der Waals surface area contributed by atoms with Crippen molar-refractivity contribution in [3.63, 3.8) is 0 Å². The Balaban J connectivity index is 1.60. The van der Waals surface area contributed by atoms with Crippen LogP contribution in [0.1, 0.15) is 28.3 Å². The van der Waals surface area contributed by atoms with Crippen LogP contribution < -0.4 is 10.2 Å². The number of para-hydroxylation sites is 1. The molecule has 6 nitrogen and oxygen atoms in total. The molecule has 0 fully saturated rings. The van der Waals surface area contributed by atoms with Crippen LogP contribution in [-0.2, 0) is 9.53 Å². The number of hydrogen-bond donors (Lipinski definition) is 2. The second-order valence-corrected chi connectivity index (χ2v) is 7.44. The molecular weight excluding hydrogens is 362 g/mol. The predicted octanol–water partition coefficient (Wildman–Crippen LogP) is 2.30. The monoisotopic (exact) mass is 384 g/mol. The summed E-state index contributed by atoms with van der Waals surface area (Å²) in [6.07, 6.45) is 0. The highest BCUT2D eigenvalue weighted by molar-refractivity contribution is 7.18. The zero-order valence-corrected chi connectivity index (χ0v) is 16.3. The lowest BCUT2D eigenvalue weighted by atomic mass is 10.2. The summed E-state index contributed by atoms with van der Waals surface area (Å²) in [4.78, 5) is 29.5. The normalized spacial score (nSPS) is 13.1. The fraction of sp³-hybridized carbons (Fsp3) is 0.250. The van der Waals surface area contributed by atoms with Crippen LogP contribution in [0.4, 0.5) is 5.69 Å². The predicted molar refractivity (Wildman–Crippen MR) is 106 cm³/mol. The molecule has 0 saturated heterocycles. The molecule has 1 heterocycles. The number of thiazole rings is 1. The molecule has 140 valence electrons. The van der Waals surface area contributed by atoms with Gasteiger partial charge in [-0.15, -0.1) is 11.3 Å². The number of aromatic nitrogens is 1. The maximum atomic E-state index is 12.4. The number of hydrogen-bond acceptors (Lipinski definition) is 5. The second kappa shape index (κ2) is 8.28. The highest BCUT2D eigenvalue weighted by atomic mass is 32.1. The van der Waals surface area contributed by atoms with E-state index in [2.05, 4.69) is 28.0 Å². The van der Waals surface area contributed by atoms with Crippen LogP contribution >= 0.6 is 11.3 Å². The highest BCUT2D eigenvalue weighted by Gasteiger charge is 2.22. The Bertz CT molecular complexity index is 920. The number of carbonyl (C=O) groups is 2. The number of esters is 1. The van der Waals surface area contributed by atoms with Gasteiger partial charge in [0.25, 0.3) is 5.91 Å². The zero-order valence-electron chi connectivity index (χ0n) is 15.5. The van der Waals surface area contributed by atoms with E-state index < -0.39 is 5.97 Å². The number of carbonyl (C=O) groups excluding carboxylic acids is 2. The van der Waals surface area contributed by atoms with Crippen LogP contribution in [0.3, 0.4) is 0 Å². The van der Waals surface area contributed by atoms with Gasteiger partial charge in [0.2, 0.25) is 0 Å². The maximum absolute atomic E-state index is 12.4. The summed E-state index contributed by atoms with van der Waals surface area (Å²) in [6, 6.07) is 14.8. The summed E-state index contributed by atoms with van der Waals surface area (Å²) < 4.78 is 5.82. The third-order valence-corrected chi connectivity index (χ3v) is 5.67. The SMILES string of the molecule is COC(=O)c1ccc(NC(=O)C[NH+](C)[C@@H](C)c2nc3ccccc3s2)cc1. The first kappa shape index (κ1) is 19.0. The van der Waals surface area contributed by atoms with Gasteiger partial charge < -0.3 is 15.0 Å². The van der Waals surface area contributed by atoms with Crippen molar-refractivity contribution >= 4 is 39.1 Å². The van der Waals surface area contributed by atoms with Gasteiger partial charge in [-0.3, -0.25) is 4.79 Å². The van der Waals surface area contributed by atoms with Gasteiger partial charge in [-0.05, 0) is 43.3 Å². The van der Waals surface area contributed by atoms with Crippen LogP contribution in [0.15, 0.2) is 48.5 Å². The first-order chi connectivity index (χ1) is 13.0. The minimum atomic E-state index is -0.401. The largest absolute Gasteiger partial charge is 0.465 e. The van der Waals surface area contributed by atoms with E-state index >= 15 is 0 Å². The van der Waals surface area contributed by atoms with Gasteiger partial charge in [0.05, 0.1) is 29.9 Å². The minimum absolute atomic E-state index is 0.0914. The second-order valence-electron chi connectivity index (χ2n) is 6.38. The van der Waals surface area contributed by atoms with Crippen molar-refractivity contribution in [1.82, 2.24) is 4.98 Å². The molecule has 0 radical (unpaired) electrons. The average molecular weight is 384 g/mol. The molecule has 0 saturated carbocycles. The van der Waals surface area contributed by atoms with Crippen molar-refractivity contribution in [3.05, 3.63) is 59.1 Å². The van der Waals surface area contributed by atoms with Gasteiger partial charge in [0, 0.05) is 5.69 Å². The van der Waals surface area contributed by atoms with Gasteiger partial charge in [-0.1, -0.05) is 12.1 Å². The van der Waals surface area contributed by atoms with Gasteiger partial charge in [0.15, 0.2) is 11.6 Å². The fourth-order valence-corrected chi connectivity index (χ4v) is 3.82. The fourth-order valence-electron chi connectivity index (χ4n) is 2.71. The average Bonchev–Trinajstić information content (AvgIpc) is 3.11. The van der Waals surface area contributed by atoms with Crippen molar-refractivity contribution < 1.29 is 19.2 Å². The van der Waals surface area contributed by atoms with Crippen LogP contribution in [0.2, 0.25) is 0 Å². The number of likely N-dealkylation sites (N-methyl/N-ethyl adjacent to an activating group) is 1. The third kappa shape index (κ3) is 4.50. The van der Waals surface area contributed by atoms with E-state index in [0.29, 0.717) is 17.8 Å². The number of nitrogens with one attached hydrogen (secondary N) is 2. The van der Waals surface area contributed by atoms with Crippen molar-refractivity contribution in [2.45, 2.75) is 13.0 Å². The highest BCUT2D eigenvalue weighted by Crippen LogP contribution is 2.24. The summed E-state index contributed by atoms with van der Waals surface area (Å²) in [7, 11) is 3.32. The lowest BCUT2D eigenvalue weighted by Crippen LogP contribution is -3.10. The first-order valence-corrected chi connectivity index (χ1v) is 9.45. The molecule has 27 heavy (non-hydrogen) atoms. The standard InChI is InChI=1S/C20H21N3O3S/c1-13(19-22-16-6-4-5-7-17(16)27-19)23(2)12-18(24)21-15-10-8-14(9-11-15)20(25)26-3/h4-11,13H,12H2,1-3H3,(H,21,24)/p+1/t13-/m0/s1. The summed E-state index contributed by atoms with van der Waals surface area (Å²) in [6.45, 7) is 2.39. The topological polar surface area (TPSA) is 72.7 Å². The maximum Gasteiger partial charge on any atom is 0.337 e. The Labute approximate surface area is 161 Å². The number of amides is 1.